The van der Waals surface area contributed by atoms with Crippen molar-refractivity contribution in [1.29, 1.82) is 0 Å². The second kappa shape index (κ2) is 3.87. The van der Waals surface area contributed by atoms with Crippen molar-refractivity contribution in [2.45, 2.75) is 20.3 Å². The van der Waals surface area contributed by atoms with E-state index >= 15 is 0 Å². The lowest BCUT2D eigenvalue weighted by molar-refractivity contribution is -0.403. The number of hydrogen-bond acceptors (Lipinski definition) is 3. The predicted molar refractivity (Wildman–Crippen MR) is 38.7 cm³/mol. The fourth-order valence-corrected chi connectivity index (χ4v) is 0.660. The molecule has 4 heteroatoms. The van der Waals surface area contributed by atoms with Crippen molar-refractivity contribution in [2.75, 3.05) is 0 Å². The van der Waals surface area contributed by atoms with Gasteiger partial charge in [0.15, 0.2) is 0 Å². The van der Waals surface area contributed by atoms with Gasteiger partial charge in [-0.25, -0.2) is 0 Å². The summed E-state index contributed by atoms with van der Waals surface area (Å²) < 4.78 is 0. The highest BCUT2D eigenvalue weighted by atomic mass is 16.6. The molecule has 0 saturated heterocycles. The normalized spacial score (nSPS) is 12.1. The van der Waals surface area contributed by atoms with Gasteiger partial charge in [-0.3, -0.25) is 10.1 Å². The summed E-state index contributed by atoms with van der Waals surface area (Å²) in [6.07, 6.45) is 1.43. The van der Waals surface area contributed by atoms with Gasteiger partial charge in [0.25, 0.3) is 6.20 Å². The number of allylic oxidation sites excluding steroid dienone is 1. The van der Waals surface area contributed by atoms with E-state index in [1.165, 1.54) is 0 Å². The van der Waals surface area contributed by atoms with Crippen LogP contribution >= 0.6 is 0 Å². The zero-order valence-corrected chi connectivity index (χ0v) is 6.20. The van der Waals surface area contributed by atoms with Gasteiger partial charge in [0.1, 0.15) is 0 Å². The van der Waals surface area contributed by atoms with E-state index in [2.05, 4.69) is 0 Å². The Bertz CT molecular complexity index is 152. The Morgan fingerprint density at radius 2 is 2.30 bits per heavy atom. The van der Waals surface area contributed by atoms with E-state index < -0.39 is 4.92 Å². The van der Waals surface area contributed by atoms with Crippen LogP contribution in [0, 0.1) is 16.0 Å². The van der Waals surface area contributed by atoms with Crippen LogP contribution in [-0.4, -0.2) is 4.92 Å². The van der Waals surface area contributed by atoms with Crippen LogP contribution in [0.2, 0.25) is 0 Å². The van der Waals surface area contributed by atoms with Gasteiger partial charge >= 0.3 is 0 Å². The molecule has 0 atom stereocenters. The van der Waals surface area contributed by atoms with Crippen LogP contribution in [0.4, 0.5) is 0 Å². The van der Waals surface area contributed by atoms with Crippen LogP contribution in [0.5, 0.6) is 0 Å². The lowest BCUT2D eigenvalue weighted by Crippen LogP contribution is -2.03. The summed E-state index contributed by atoms with van der Waals surface area (Å²) in [6, 6.07) is 0. The molecule has 2 N–H and O–H groups in total. The zero-order chi connectivity index (χ0) is 8.15. The fourth-order valence-electron chi connectivity index (χ4n) is 0.660. The third-order valence-corrected chi connectivity index (χ3v) is 0.915. The minimum Gasteiger partial charge on any atom is -0.397 e. The van der Waals surface area contributed by atoms with Crippen LogP contribution in [0.3, 0.4) is 0 Å². The maximum absolute atomic E-state index is 9.84. The Kier molecular flexibility index (Phi) is 3.46. The first-order valence-corrected chi connectivity index (χ1v) is 3.12. The Balaban J connectivity index is 3.83. The van der Waals surface area contributed by atoms with Crippen molar-refractivity contribution in [3.8, 4) is 0 Å². The molecule has 0 heterocycles. The summed E-state index contributed by atoms with van der Waals surface area (Å²) in [7, 11) is 0. The fraction of sp³-hybridized carbons (Fsp3) is 0.667. The van der Waals surface area contributed by atoms with Gasteiger partial charge in [-0.05, 0) is 12.3 Å². The van der Waals surface area contributed by atoms with Crippen molar-refractivity contribution in [1.82, 2.24) is 0 Å². The van der Waals surface area contributed by atoms with Gasteiger partial charge < -0.3 is 5.73 Å². The van der Waals surface area contributed by atoms with Crippen molar-refractivity contribution >= 4 is 0 Å². The molecule has 0 amide bonds. The number of nitro groups is 1. The molecule has 4 nitrogen and oxygen atoms in total. The Labute approximate surface area is 59.9 Å². The van der Waals surface area contributed by atoms with Crippen LogP contribution in [0.25, 0.3) is 0 Å². The quantitative estimate of drug-likeness (QED) is 0.476. The molecule has 0 aromatic heterocycles. The summed E-state index contributed by atoms with van der Waals surface area (Å²) >= 11 is 0. The summed E-state index contributed by atoms with van der Waals surface area (Å²) in [5, 5.41) is 9.84. The SMILES string of the molecule is CC(C)C/C(N)=C\[N+](=O)[O-]. The predicted octanol–water partition coefficient (Wildman–Crippen LogP) is 1.11. The maximum atomic E-state index is 9.84. The number of rotatable bonds is 3. The molecule has 0 aromatic carbocycles. The minimum absolute atomic E-state index is 0.333. The van der Waals surface area contributed by atoms with E-state index in [1.807, 2.05) is 13.8 Å². The molecule has 0 radical (unpaired) electrons. The van der Waals surface area contributed by atoms with E-state index in [9.17, 15) is 10.1 Å². The molecule has 0 rings (SSSR count). The summed E-state index contributed by atoms with van der Waals surface area (Å²) in [5.41, 5.74) is 5.63. The van der Waals surface area contributed by atoms with Gasteiger partial charge in [0, 0.05) is 0 Å². The van der Waals surface area contributed by atoms with E-state index in [0.29, 0.717) is 18.0 Å². The number of nitrogens with zero attached hydrogens (tertiary/aromatic N) is 1. The molecule has 0 saturated carbocycles. The smallest absolute Gasteiger partial charge is 0.252 e. The molecule has 0 bridgehead atoms. The van der Waals surface area contributed by atoms with Crippen LogP contribution < -0.4 is 5.73 Å². The van der Waals surface area contributed by atoms with Crippen molar-refractivity contribution in [3.05, 3.63) is 22.0 Å². The molecule has 0 fully saturated rings. The number of nitrogens with two attached hydrogens (primary N) is 1. The second-order valence-electron chi connectivity index (χ2n) is 2.59. The molecular weight excluding hydrogens is 132 g/mol. The van der Waals surface area contributed by atoms with E-state index in [-0.39, 0.29) is 0 Å². The van der Waals surface area contributed by atoms with Crippen molar-refractivity contribution in [2.24, 2.45) is 11.7 Å². The zero-order valence-electron chi connectivity index (χ0n) is 6.20. The summed E-state index contributed by atoms with van der Waals surface area (Å²) in [6.45, 7) is 3.92. The third-order valence-electron chi connectivity index (χ3n) is 0.915. The first-order valence-electron chi connectivity index (χ1n) is 3.12. The Morgan fingerprint density at radius 3 is 2.60 bits per heavy atom. The third kappa shape index (κ3) is 5.08. The van der Waals surface area contributed by atoms with E-state index in [1.54, 1.807) is 0 Å². The van der Waals surface area contributed by atoms with Gasteiger partial charge in [-0.2, -0.15) is 0 Å². The average molecular weight is 144 g/mol. The summed E-state index contributed by atoms with van der Waals surface area (Å²) in [5.74, 6) is 0.371. The van der Waals surface area contributed by atoms with Gasteiger partial charge in [0.05, 0.1) is 10.6 Å². The molecule has 10 heavy (non-hydrogen) atoms. The van der Waals surface area contributed by atoms with E-state index in [0.717, 1.165) is 6.20 Å². The Hall–Kier alpha value is -1.06. The topological polar surface area (TPSA) is 69.2 Å². The van der Waals surface area contributed by atoms with Gasteiger partial charge in [0.2, 0.25) is 0 Å². The molecule has 58 valence electrons. The molecule has 0 unspecified atom stereocenters. The average Bonchev–Trinajstić information content (AvgIpc) is 1.58. The van der Waals surface area contributed by atoms with Crippen molar-refractivity contribution in [3.63, 3.8) is 0 Å². The minimum atomic E-state index is -0.530. The first kappa shape index (κ1) is 8.94. The molecular formula is C6H12N2O2. The molecule has 0 aliphatic rings. The van der Waals surface area contributed by atoms with Crippen molar-refractivity contribution < 1.29 is 4.92 Å². The van der Waals surface area contributed by atoms with Gasteiger partial charge in [-0.15, -0.1) is 0 Å². The molecule has 0 aliphatic heterocycles. The summed E-state index contributed by atoms with van der Waals surface area (Å²) in [4.78, 5) is 9.31. The highest BCUT2D eigenvalue weighted by Gasteiger charge is 1.99. The largest absolute Gasteiger partial charge is 0.397 e. The lowest BCUT2D eigenvalue weighted by Gasteiger charge is -2.00. The molecule has 0 spiro atoms. The standard InChI is InChI=1S/C6H12N2O2/c1-5(2)3-6(7)4-8(9)10/h4-5H,3,7H2,1-2H3/b6-4+. The van der Waals surface area contributed by atoms with Gasteiger partial charge in [-0.1, -0.05) is 13.8 Å². The monoisotopic (exact) mass is 144 g/mol. The first-order chi connectivity index (χ1) is 4.52. The number of hydrogen-bond donors (Lipinski definition) is 1. The molecule has 0 aliphatic carbocycles. The van der Waals surface area contributed by atoms with E-state index in [4.69, 9.17) is 5.73 Å². The molecule has 0 aromatic rings. The van der Waals surface area contributed by atoms with Crippen LogP contribution in [0.15, 0.2) is 11.9 Å². The Morgan fingerprint density at radius 1 is 1.80 bits per heavy atom. The highest BCUT2D eigenvalue weighted by Crippen LogP contribution is 2.04. The van der Waals surface area contributed by atoms with Crippen LogP contribution in [-0.2, 0) is 0 Å². The maximum Gasteiger partial charge on any atom is 0.252 e. The lowest BCUT2D eigenvalue weighted by atomic mass is 10.1. The second-order valence-corrected chi connectivity index (χ2v) is 2.59. The highest BCUT2D eigenvalue weighted by molar-refractivity contribution is 4.90. The van der Waals surface area contributed by atoms with Crippen LogP contribution in [0.1, 0.15) is 20.3 Å².